The number of para-hydroxylation sites is 1. The second-order valence-corrected chi connectivity index (χ2v) is 5.85. The smallest absolute Gasteiger partial charge is 0.251 e. The molecule has 0 aliphatic heterocycles. The van der Waals surface area contributed by atoms with Gasteiger partial charge >= 0.3 is 0 Å². The van der Waals surface area contributed by atoms with Crippen LogP contribution in [0.15, 0.2) is 66.7 Å². The van der Waals surface area contributed by atoms with Gasteiger partial charge in [-0.2, -0.15) is 0 Å². The van der Waals surface area contributed by atoms with Gasteiger partial charge in [0.15, 0.2) is 0 Å². The predicted molar refractivity (Wildman–Crippen MR) is 103 cm³/mol. The maximum absolute atomic E-state index is 12.1. The van der Waals surface area contributed by atoms with E-state index < -0.39 is 0 Å². The summed E-state index contributed by atoms with van der Waals surface area (Å²) in [7, 11) is 1.64. The fraction of sp³-hybridized carbons (Fsp3) is 0.190. The van der Waals surface area contributed by atoms with Crippen molar-refractivity contribution in [2.45, 2.75) is 6.42 Å². The van der Waals surface area contributed by atoms with Gasteiger partial charge < -0.3 is 14.8 Å². The standard InChI is InChI=1S/C21H21N3O3/c1-26-15-5-14-22-21(25)17-10-8-16(9-11-17)19-12-13-20(24-23-19)27-18-6-3-2-4-7-18/h2-4,6-13H,5,14-15H2,1H3,(H,22,25). The van der Waals surface area contributed by atoms with Crippen LogP contribution in [0.3, 0.4) is 0 Å². The molecule has 0 saturated heterocycles. The van der Waals surface area contributed by atoms with Crippen molar-refractivity contribution in [2.75, 3.05) is 20.3 Å². The third-order valence-corrected chi connectivity index (χ3v) is 3.86. The number of carbonyl (C=O) groups excluding carboxylic acids is 1. The van der Waals surface area contributed by atoms with Crippen molar-refractivity contribution in [3.63, 3.8) is 0 Å². The van der Waals surface area contributed by atoms with Crippen molar-refractivity contribution < 1.29 is 14.3 Å². The van der Waals surface area contributed by atoms with E-state index in [1.54, 1.807) is 25.3 Å². The number of ether oxygens (including phenoxy) is 2. The highest BCUT2D eigenvalue weighted by molar-refractivity contribution is 5.94. The molecule has 1 N–H and O–H groups in total. The maximum Gasteiger partial charge on any atom is 0.251 e. The van der Waals surface area contributed by atoms with Crippen molar-refractivity contribution in [3.05, 3.63) is 72.3 Å². The van der Waals surface area contributed by atoms with E-state index >= 15 is 0 Å². The summed E-state index contributed by atoms with van der Waals surface area (Å²) in [4.78, 5) is 12.1. The quantitative estimate of drug-likeness (QED) is 0.618. The van der Waals surface area contributed by atoms with Crippen LogP contribution in [0.5, 0.6) is 11.6 Å². The van der Waals surface area contributed by atoms with Gasteiger partial charge in [0.05, 0.1) is 5.69 Å². The summed E-state index contributed by atoms with van der Waals surface area (Å²) in [5, 5.41) is 11.2. The van der Waals surface area contributed by atoms with Crippen LogP contribution in [0, 0.1) is 0 Å². The number of nitrogens with zero attached hydrogens (tertiary/aromatic N) is 2. The second-order valence-electron chi connectivity index (χ2n) is 5.85. The molecule has 0 unspecified atom stereocenters. The number of nitrogens with one attached hydrogen (secondary N) is 1. The van der Waals surface area contributed by atoms with Gasteiger partial charge in [0.2, 0.25) is 5.88 Å². The van der Waals surface area contributed by atoms with Crippen LogP contribution >= 0.6 is 0 Å². The van der Waals surface area contributed by atoms with E-state index in [0.717, 1.165) is 12.0 Å². The van der Waals surface area contributed by atoms with Gasteiger partial charge in [-0.1, -0.05) is 30.3 Å². The molecule has 0 aliphatic carbocycles. The number of hydrogen-bond donors (Lipinski definition) is 1. The summed E-state index contributed by atoms with van der Waals surface area (Å²) in [5.74, 6) is 1.03. The molecule has 6 heteroatoms. The van der Waals surface area contributed by atoms with Crippen molar-refractivity contribution in [1.82, 2.24) is 15.5 Å². The first-order chi connectivity index (χ1) is 13.3. The molecule has 1 aromatic heterocycles. The van der Waals surface area contributed by atoms with Crippen molar-refractivity contribution >= 4 is 5.91 Å². The third-order valence-electron chi connectivity index (χ3n) is 3.86. The second kappa shape index (κ2) is 9.45. The fourth-order valence-electron chi connectivity index (χ4n) is 2.45. The molecule has 0 bridgehead atoms. The van der Waals surface area contributed by atoms with Crippen LogP contribution in [0.2, 0.25) is 0 Å². The van der Waals surface area contributed by atoms with E-state index in [-0.39, 0.29) is 5.91 Å². The molecule has 0 fully saturated rings. The van der Waals surface area contributed by atoms with Gasteiger partial charge in [-0.15, -0.1) is 10.2 Å². The third kappa shape index (κ3) is 5.36. The van der Waals surface area contributed by atoms with E-state index in [1.165, 1.54) is 0 Å². The number of aromatic nitrogens is 2. The van der Waals surface area contributed by atoms with E-state index in [1.807, 2.05) is 48.5 Å². The summed E-state index contributed by atoms with van der Waals surface area (Å²) in [6, 6.07) is 20.3. The largest absolute Gasteiger partial charge is 0.438 e. The summed E-state index contributed by atoms with van der Waals surface area (Å²) in [6.07, 6.45) is 0.785. The minimum Gasteiger partial charge on any atom is -0.438 e. The zero-order valence-electron chi connectivity index (χ0n) is 15.1. The summed E-state index contributed by atoms with van der Waals surface area (Å²) in [6.45, 7) is 1.21. The highest BCUT2D eigenvalue weighted by atomic mass is 16.5. The average molecular weight is 363 g/mol. The van der Waals surface area contributed by atoms with E-state index in [0.29, 0.717) is 36.0 Å². The highest BCUT2D eigenvalue weighted by Gasteiger charge is 2.07. The Balaban J connectivity index is 1.60. The first kappa shape index (κ1) is 18.5. The maximum atomic E-state index is 12.1. The van der Waals surface area contributed by atoms with Crippen molar-refractivity contribution in [3.8, 4) is 22.9 Å². The first-order valence-electron chi connectivity index (χ1n) is 8.70. The van der Waals surface area contributed by atoms with E-state index in [9.17, 15) is 4.79 Å². The Kier molecular flexibility index (Phi) is 6.49. The minimum absolute atomic E-state index is 0.102. The Hall–Kier alpha value is -3.25. The predicted octanol–water partition coefficient (Wildman–Crippen LogP) is 3.70. The lowest BCUT2D eigenvalue weighted by Gasteiger charge is -2.07. The van der Waals surface area contributed by atoms with Crippen LogP contribution in [0.1, 0.15) is 16.8 Å². The van der Waals surface area contributed by atoms with Crippen LogP contribution in [-0.4, -0.2) is 36.4 Å². The monoisotopic (exact) mass is 363 g/mol. The van der Waals surface area contributed by atoms with Crippen molar-refractivity contribution in [2.24, 2.45) is 0 Å². The van der Waals surface area contributed by atoms with Gasteiger partial charge in [-0.3, -0.25) is 4.79 Å². The van der Waals surface area contributed by atoms with Gasteiger partial charge in [-0.05, 0) is 36.8 Å². The van der Waals surface area contributed by atoms with Gasteiger partial charge in [0, 0.05) is 37.5 Å². The molecule has 0 saturated carbocycles. The number of rotatable bonds is 8. The molecule has 0 spiro atoms. The summed E-state index contributed by atoms with van der Waals surface area (Å²) in [5.41, 5.74) is 2.19. The molecular formula is C21H21N3O3. The van der Waals surface area contributed by atoms with Crippen LogP contribution in [-0.2, 0) is 4.74 Å². The zero-order valence-corrected chi connectivity index (χ0v) is 15.1. The molecule has 3 aromatic rings. The molecule has 0 radical (unpaired) electrons. The molecule has 1 amide bonds. The highest BCUT2D eigenvalue weighted by Crippen LogP contribution is 2.21. The Morgan fingerprint density at radius 3 is 2.41 bits per heavy atom. The number of methoxy groups -OCH3 is 1. The first-order valence-corrected chi connectivity index (χ1v) is 8.70. The Bertz CT molecular complexity index is 850. The molecule has 0 aliphatic rings. The number of amides is 1. The molecule has 0 atom stereocenters. The molecule has 1 heterocycles. The number of benzene rings is 2. The molecule has 3 rings (SSSR count). The van der Waals surface area contributed by atoms with Gasteiger partial charge in [0.1, 0.15) is 5.75 Å². The number of hydrogen-bond acceptors (Lipinski definition) is 5. The van der Waals surface area contributed by atoms with Crippen LogP contribution in [0.4, 0.5) is 0 Å². The van der Waals surface area contributed by atoms with E-state index in [4.69, 9.17) is 9.47 Å². The Labute approximate surface area is 158 Å². The summed E-state index contributed by atoms with van der Waals surface area (Å²) >= 11 is 0. The van der Waals surface area contributed by atoms with Gasteiger partial charge in [0.25, 0.3) is 5.91 Å². The lowest BCUT2D eigenvalue weighted by atomic mass is 10.1. The molecule has 27 heavy (non-hydrogen) atoms. The van der Waals surface area contributed by atoms with Crippen molar-refractivity contribution in [1.29, 1.82) is 0 Å². The summed E-state index contributed by atoms with van der Waals surface area (Å²) < 4.78 is 10.6. The molecule has 6 nitrogen and oxygen atoms in total. The van der Waals surface area contributed by atoms with Gasteiger partial charge in [-0.25, -0.2) is 0 Å². The fourth-order valence-corrected chi connectivity index (χ4v) is 2.45. The minimum atomic E-state index is -0.102. The normalized spacial score (nSPS) is 10.4. The molecule has 2 aromatic carbocycles. The topological polar surface area (TPSA) is 73.3 Å². The van der Waals surface area contributed by atoms with Crippen LogP contribution in [0.25, 0.3) is 11.3 Å². The molecule has 138 valence electrons. The Morgan fingerprint density at radius 1 is 0.963 bits per heavy atom. The lowest BCUT2D eigenvalue weighted by molar-refractivity contribution is 0.0948. The average Bonchev–Trinajstić information content (AvgIpc) is 2.72. The zero-order chi connectivity index (χ0) is 18.9. The van der Waals surface area contributed by atoms with Crippen LogP contribution < -0.4 is 10.1 Å². The number of carbonyl (C=O) groups is 1. The van der Waals surface area contributed by atoms with E-state index in [2.05, 4.69) is 15.5 Å². The lowest BCUT2D eigenvalue weighted by Crippen LogP contribution is -2.25. The molecular weight excluding hydrogens is 342 g/mol. The Morgan fingerprint density at radius 2 is 1.74 bits per heavy atom. The SMILES string of the molecule is COCCCNC(=O)c1ccc(-c2ccc(Oc3ccccc3)nn2)cc1.